The summed E-state index contributed by atoms with van der Waals surface area (Å²) in [7, 11) is 3.22. The first-order valence-corrected chi connectivity index (χ1v) is 9.68. The molecule has 1 saturated heterocycles. The van der Waals surface area contributed by atoms with Gasteiger partial charge in [0.25, 0.3) is 0 Å². The summed E-state index contributed by atoms with van der Waals surface area (Å²) in [6.45, 7) is 2.75. The number of carbonyl (C=O) groups excluding carboxylic acids is 1. The number of carbonyl (C=O) groups is 1. The highest BCUT2D eigenvalue weighted by Crippen LogP contribution is 2.26. The predicted molar refractivity (Wildman–Crippen MR) is 112 cm³/mol. The van der Waals surface area contributed by atoms with Crippen molar-refractivity contribution in [3.63, 3.8) is 0 Å². The van der Waals surface area contributed by atoms with Crippen LogP contribution >= 0.6 is 0 Å². The number of nitrogens with one attached hydrogen (secondary N) is 1. The molecule has 5 heteroatoms. The molecule has 1 atom stereocenters. The van der Waals surface area contributed by atoms with Crippen LogP contribution in [-0.2, 0) is 4.79 Å². The third kappa shape index (κ3) is 5.14. The summed E-state index contributed by atoms with van der Waals surface area (Å²) >= 11 is 0. The van der Waals surface area contributed by atoms with Crippen LogP contribution in [0.1, 0.15) is 30.0 Å². The molecular weight excluding hydrogens is 352 g/mol. The molecule has 148 valence electrons. The van der Waals surface area contributed by atoms with Gasteiger partial charge in [0.15, 0.2) is 0 Å². The highest BCUT2D eigenvalue weighted by Gasteiger charge is 2.23. The van der Waals surface area contributed by atoms with E-state index in [0.29, 0.717) is 12.3 Å². The quantitative estimate of drug-likeness (QED) is 0.710. The van der Waals surface area contributed by atoms with Gasteiger partial charge < -0.3 is 14.8 Å². The molecule has 0 aliphatic carbocycles. The van der Waals surface area contributed by atoms with Crippen LogP contribution in [0.4, 0.5) is 0 Å². The SMILES string of the molecule is COc1ccc(/C=C/C(=O)NCC(c2ccccc2)N2CCCC2)c(OC)c1. The third-order valence-electron chi connectivity index (χ3n) is 5.09. The summed E-state index contributed by atoms with van der Waals surface area (Å²) in [6, 6.07) is 16.1. The largest absolute Gasteiger partial charge is 0.497 e. The van der Waals surface area contributed by atoms with Crippen molar-refractivity contribution in [1.82, 2.24) is 10.2 Å². The van der Waals surface area contributed by atoms with Gasteiger partial charge in [0.1, 0.15) is 11.5 Å². The van der Waals surface area contributed by atoms with Crippen LogP contribution in [-0.4, -0.2) is 44.7 Å². The Balaban J connectivity index is 1.64. The van der Waals surface area contributed by atoms with Crippen molar-refractivity contribution in [1.29, 1.82) is 0 Å². The van der Waals surface area contributed by atoms with E-state index in [1.165, 1.54) is 18.4 Å². The van der Waals surface area contributed by atoms with E-state index in [4.69, 9.17) is 9.47 Å². The Hall–Kier alpha value is -2.79. The van der Waals surface area contributed by atoms with Crippen LogP contribution in [0.5, 0.6) is 11.5 Å². The molecule has 1 heterocycles. The van der Waals surface area contributed by atoms with Crippen molar-refractivity contribution in [2.45, 2.75) is 18.9 Å². The van der Waals surface area contributed by atoms with Gasteiger partial charge in [0.2, 0.25) is 5.91 Å². The van der Waals surface area contributed by atoms with Crippen molar-refractivity contribution in [3.8, 4) is 11.5 Å². The summed E-state index contributed by atoms with van der Waals surface area (Å²) in [5.41, 5.74) is 2.07. The fourth-order valence-corrected chi connectivity index (χ4v) is 3.56. The second-order valence-electron chi connectivity index (χ2n) is 6.86. The average Bonchev–Trinajstić information content (AvgIpc) is 3.27. The normalized spacial score (nSPS) is 15.5. The molecule has 1 N–H and O–H groups in total. The second kappa shape index (κ2) is 9.95. The Morgan fingerprint density at radius 2 is 1.86 bits per heavy atom. The van der Waals surface area contributed by atoms with Gasteiger partial charge in [-0.3, -0.25) is 9.69 Å². The molecule has 2 aromatic carbocycles. The Labute approximate surface area is 167 Å². The van der Waals surface area contributed by atoms with E-state index in [-0.39, 0.29) is 11.9 Å². The van der Waals surface area contributed by atoms with Gasteiger partial charge in [-0.2, -0.15) is 0 Å². The Morgan fingerprint density at radius 3 is 2.54 bits per heavy atom. The minimum atomic E-state index is -0.113. The number of ether oxygens (including phenoxy) is 2. The maximum absolute atomic E-state index is 12.4. The molecule has 0 saturated carbocycles. The highest BCUT2D eigenvalue weighted by atomic mass is 16.5. The van der Waals surface area contributed by atoms with Gasteiger partial charge in [-0.05, 0) is 49.7 Å². The molecule has 1 amide bonds. The van der Waals surface area contributed by atoms with E-state index in [1.807, 2.05) is 18.2 Å². The van der Waals surface area contributed by atoms with Crippen LogP contribution in [0.3, 0.4) is 0 Å². The molecule has 1 aliphatic heterocycles. The maximum atomic E-state index is 12.4. The molecule has 2 aromatic rings. The number of likely N-dealkylation sites (tertiary alicyclic amines) is 1. The van der Waals surface area contributed by atoms with Gasteiger partial charge in [-0.1, -0.05) is 30.3 Å². The van der Waals surface area contributed by atoms with Crippen molar-refractivity contribution < 1.29 is 14.3 Å². The van der Waals surface area contributed by atoms with E-state index in [1.54, 1.807) is 32.4 Å². The topological polar surface area (TPSA) is 50.8 Å². The first kappa shape index (κ1) is 20.0. The summed E-state index contributed by atoms with van der Waals surface area (Å²) < 4.78 is 10.6. The zero-order chi connectivity index (χ0) is 19.8. The lowest BCUT2D eigenvalue weighted by molar-refractivity contribution is -0.116. The van der Waals surface area contributed by atoms with Crippen molar-refractivity contribution in [2.75, 3.05) is 33.9 Å². The molecule has 1 aliphatic rings. The highest BCUT2D eigenvalue weighted by molar-refractivity contribution is 5.92. The molecular formula is C23H28N2O3. The molecule has 1 fully saturated rings. The second-order valence-corrected chi connectivity index (χ2v) is 6.86. The van der Waals surface area contributed by atoms with Gasteiger partial charge in [-0.25, -0.2) is 0 Å². The van der Waals surface area contributed by atoms with Crippen LogP contribution < -0.4 is 14.8 Å². The molecule has 28 heavy (non-hydrogen) atoms. The molecule has 1 unspecified atom stereocenters. The van der Waals surface area contributed by atoms with Crippen molar-refractivity contribution >= 4 is 12.0 Å². The minimum absolute atomic E-state index is 0.113. The first-order chi connectivity index (χ1) is 13.7. The number of benzene rings is 2. The lowest BCUT2D eigenvalue weighted by Gasteiger charge is -2.28. The van der Waals surface area contributed by atoms with Crippen molar-refractivity contribution in [2.24, 2.45) is 0 Å². The van der Waals surface area contributed by atoms with E-state index < -0.39 is 0 Å². The number of nitrogens with zero attached hydrogens (tertiary/aromatic N) is 1. The minimum Gasteiger partial charge on any atom is -0.497 e. The molecule has 0 aromatic heterocycles. The van der Waals surface area contributed by atoms with Crippen LogP contribution in [0.15, 0.2) is 54.6 Å². The zero-order valence-electron chi connectivity index (χ0n) is 16.6. The van der Waals surface area contributed by atoms with Gasteiger partial charge in [-0.15, -0.1) is 0 Å². The van der Waals surface area contributed by atoms with Crippen LogP contribution in [0.2, 0.25) is 0 Å². The number of rotatable bonds is 8. The van der Waals surface area contributed by atoms with Crippen LogP contribution in [0.25, 0.3) is 6.08 Å². The van der Waals surface area contributed by atoms with E-state index in [9.17, 15) is 4.79 Å². The summed E-state index contributed by atoms with van der Waals surface area (Å²) in [5, 5.41) is 3.06. The predicted octanol–water partition coefficient (Wildman–Crippen LogP) is 3.67. The fraction of sp³-hybridized carbons (Fsp3) is 0.348. The van der Waals surface area contributed by atoms with E-state index in [2.05, 4.69) is 34.5 Å². The third-order valence-corrected chi connectivity index (χ3v) is 5.09. The summed E-state index contributed by atoms with van der Waals surface area (Å²) in [4.78, 5) is 14.9. The molecule has 0 bridgehead atoms. The fourth-order valence-electron chi connectivity index (χ4n) is 3.56. The van der Waals surface area contributed by atoms with Crippen molar-refractivity contribution in [3.05, 3.63) is 65.7 Å². The molecule has 0 spiro atoms. The Morgan fingerprint density at radius 1 is 1.11 bits per heavy atom. The van der Waals surface area contributed by atoms with E-state index >= 15 is 0 Å². The molecule has 0 radical (unpaired) electrons. The summed E-state index contributed by atoms with van der Waals surface area (Å²) in [5.74, 6) is 1.27. The first-order valence-electron chi connectivity index (χ1n) is 9.68. The zero-order valence-corrected chi connectivity index (χ0v) is 16.6. The van der Waals surface area contributed by atoms with Gasteiger partial charge >= 0.3 is 0 Å². The standard InChI is InChI=1S/C23H28N2O3/c1-27-20-12-10-19(22(16-20)28-2)11-13-23(26)24-17-21(25-14-6-7-15-25)18-8-4-3-5-9-18/h3-5,8-13,16,21H,6-7,14-15,17H2,1-2H3,(H,24,26)/b13-11+. The monoisotopic (exact) mass is 380 g/mol. The Bertz CT molecular complexity index is 799. The summed E-state index contributed by atoms with van der Waals surface area (Å²) in [6.07, 6.45) is 5.75. The Kier molecular flexibility index (Phi) is 7.09. The van der Waals surface area contributed by atoms with Gasteiger partial charge in [0.05, 0.1) is 20.3 Å². The van der Waals surface area contributed by atoms with Gasteiger partial charge in [0, 0.05) is 24.3 Å². The average molecular weight is 380 g/mol. The number of hydrogen-bond donors (Lipinski definition) is 1. The number of methoxy groups -OCH3 is 2. The lowest BCUT2D eigenvalue weighted by atomic mass is 10.1. The van der Waals surface area contributed by atoms with Crippen LogP contribution in [0, 0.1) is 0 Å². The van der Waals surface area contributed by atoms with E-state index in [0.717, 1.165) is 24.4 Å². The number of amides is 1. The molecule has 3 rings (SSSR count). The lowest BCUT2D eigenvalue weighted by Crippen LogP contribution is -2.36. The smallest absolute Gasteiger partial charge is 0.244 e. The molecule has 5 nitrogen and oxygen atoms in total. The maximum Gasteiger partial charge on any atom is 0.244 e. The number of hydrogen-bond acceptors (Lipinski definition) is 4.